The molecular weight excluding hydrogens is 390 g/mol. The summed E-state index contributed by atoms with van der Waals surface area (Å²) in [7, 11) is 1.66. The highest BCUT2D eigenvalue weighted by Gasteiger charge is 2.15. The molecule has 0 atom stereocenters. The summed E-state index contributed by atoms with van der Waals surface area (Å²) in [6, 6.07) is 10.8. The number of likely N-dealkylation sites (N-methyl/N-ethyl adjacent to an activating group) is 1. The Morgan fingerprint density at radius 3 is 2.64 bits per heavy atom. The zero-order chi connectivity index (χ0) is 16.1. The van der Waals surface area contributed by atoms with E-state index in [9.17, 15) is 9.59 Å². The smallest absolute Gasteiger partial charge is 0.348 e. The Morgan fingerprint density at radius 1 is 1.27 bits per heavy atom. The number of esters is 1. The Bertz CT molecular complexity index is 689. The summed E-state index contributed by atoms with van der Waals surface area (Å²) in [5.41, 5.74) is 0.981. The van der Waals surface area contributed by atoms with Crippen molar-refractivity contribution in [3.63, 3.8) is 0 Å². The van der Waals surface area contributed by atoms with Gasteiger partial charge in [-0.2, -0.15) is 0 Å². The van der Waals surface area contributed by atoms with Crippen molar-refractivity contribution >= 4 is 50.7 Å². The number of benzene rings is 1. The molecule has 22 heavy (non-hydrogen) atoms. The quantitative estimate of drug-likeness (QED) is 0.711. The molecule has 1 heterocycles. The van der Waals surface area contributed by atoms with E-state index in [0.29, 0.717) is 15.8 Å². The fourth-order valence-corrected chi connectivity index (χ4v) is 3.05. The highest BCUT2D eigenvalue weighted by molar-refractivity contribution is 9.10. The fourth-order valence-electron chi connectivity index (χ4n) is 1.70. The summed E-state index contributed by atoms with van der Waals surface area (Å²) in [4.78, 5) is 25.6. The van der Waals surface area contributed by atoms with E-state index in [2.05, 4.69) is 15.9 Å². The van der Waals surface area contributed by atoms with Crippen molar-refractivity contribution < 1.29 is 14.3 Å². The number of carbonyl (C=O) groups is 2. The van der Waals surface area contributed by atoms with Crippen molar-refractivity contribution in [2.24, 2.45) is 0 Å². The first-order valence-electron chi connectivity index (χ1n) is 6.37. The molecule has 4 nitrogen and oxygen atoms in total. The minimum Gasteiger partial charge on any atom is -0.451 e. The average Bonchev–Trinajstić information content (AvgIpc) is 2.93. The van der Waals surface area contributed by atoms with E-state index < -0.39 is 5.97 Å². The summed E-state index contributed by atoms with van der Waals surface area (Å²) in [5.74, 6) is -0.814. The molecule has 2 rings (SSSR count). The van der Waals surface area contributed by atoms with E-state index in [1.165, 1.54) is 4.90 Å². The molecule has 0 fully saturated rings. The van der Waals surface area contributed by atoms with E-state index in [4.69, 9.17) is 16.3 Å². The zero-order valence-electron chi connectivity index (χ0n) is 11.7. The molecule has 0 radical (unpaired) electrons. The van der Waals surface area contributed by atoms with Crippen LogP contribution in [0.25, 0.3) is 0 Å². The number of amides is 1. The number of thiophene rings is 1. The van der Waals surface area contributed by atoms with Crippen molar-refractivity contribution in [2.45, 2.75) is 6.54 Å². The first-order valence-corrected chi connectivity index (χ1v) is 8.36. The molecule has 0 unspecified atom stereocenters. The van der Waals surface area contributed by atoms with Crippen LogP contribution in [0.2, 0.25) is 4.34 Å². The number of hydrogen-bond donors (Lipinski definition) is 0. The van der Waals surface area contributed by atoms with Crippen molar-refractivity contribution in [3.8, 4) is 0 Å². The summed E-state index contributed by atoms with van der Waals surface area (Å²) in [5, 5.41) is 0. The predicted molar refractivity (Wildman–Crippen MR) is 90.2 cm³/mol. The van der Waals surface area contributed by atoms with Crippen LogP contribution in [0.15, 0.2) is 40.9 Å². The number of carbonyl (C=O) groups excluding carboxylic acids is 2. The van der Waals surface area contributed by atoms with Crippen LogP contribution in [0, 0.1) is 0 Å². The Kier molecular flexibility index (Phi) is 5.99. The summed E-state index contributed by atoms with van der Waals surface area (Å²) in [6.07, 6.45) is 0. The topological polar surface area (TPSA) is 46.6 Å². The van der Waals surface area contributed by atoms with Gasteiger partial charge in [-0.05, 0) is 23.8 Å². The molecule has 0 saturated carbocycles. The molecule has 1 aromatic heterocycles. The van der Waals surface area contributed by atoms with Gasteiger partial charge in [-0.25, -0.2) is 4.79 Å². The molecule has 0 spiro atoms. The number of halogens is 2. The standard InChI is InChI=1S/C15H13BrClNO3S/c1-18(8-10-4-2-3-5-11(10)16)14(19)9-21-15(20)12-6-7-13(17)22-12/h2-7H,8-9H2,1H3. The average molecular weight is 403 g/mol. The third-order valence-corrected chi connectivity index (χ3v) is 4.88. The third-order valence-electron chi connectivity index (χ3n) is 2.89. The molecule has 116 valence electrons. The SMILES string of the molecule is CN(Cc1ccccc1Br)C(=O)COC(=O)c1ccc(Cl)s1. The fraction of sp³-hybridized carbons (Fsp3) is 0.200. The van der Waals surface area contributed by atoms with Gasteiger partial charge in [0.2, 0.25) is 0 Å². The van der Waals surface area contributed by atoms with Gasteiger partial charge in [0.25, 0.3) is 5.91 Å². The lowest BCUT2D eigenvalue weighted by atomic mass is 10.2. The first-order chi connectivity index (χ1) is 10.5. The van der Waals surface area contributed by atoms with Crippen LogP contribution >= 0.6 is 38.9 Å². The summed E-state index contributed by atoms with van der Waals surface area (Å²) < 4.78 is 6.44. The van der Waals surface area contributed by atoms with Crippen molar-refractivity contribution in [1.29, 1.82) is 0 Å². The minimum absolute atomic E-state index is 0.272. The lowest BCUT2D eigenvalue weighted by Gasteiger charge is -2.17. The molecule has 0 aliphatic rings. The second-order valence-electron chi connectivity index (χ2n) is 4.52. The summed E-state index contributed by atoms with van der Waals surface area (Å²) >= 11 is 10.3. The minimum atomic E-state index is -0.542. The van der Waals surface area contributed by atoms with Crippen molar-refractivity contribution in [1.82, 2.24) is 4.90 Å². The molecule has 0 aliphatic heterocycles. The van der Waals surface area contributed by atoms with Gasteiger partial charge in [0.1, 0.15) is 4.88 Å². The van der Waals surface area contributed by atoms with Gasteiger partial charge >= 0.3 is 5.97 Å². The van der Waals surface area contributed by atoms with Crippen molar-refractivity contribution in [3.05, 3.63) is 55.6 Å². The Morgan fingerprint density at radius 2 is 2.00 bits per heavy atom. The second-order valence-corrected chi connectivity index (χ2v) is 7.09. The lowest BCUT2D eigenvalue weighted by molar-refractivity contribution is -0.133. The monoisotopic (exact) mass is 401 g/mol. The van der Waals surface area contributed by atoms with Crippen LogP contribution in [0.1, 0.15) is 15.2 Å². The largest absolute Gasteiger partial charge is 0.451 e. The molecule has 2 aromatic rings. The van der Waals surface area contributed by atoms with E-state index in [0.717, 1.165) is 21.4 Å². The van der Waals surface area contributed by atoms with E-state index >= 15 is 0 Å². The maximum atomic E-state index is 12.0. The van der Waals surface area contributed by atoms with Crippen molar-refractivity contribution in [2.75, 3.05) is 13.7 Å². The van der Waals surface area contributed by atoms with Gasteiger partial charge in [-0.15, -0.1) is 11.3 Å². The van der Waals surface area contributed by atoms with Gasteiger partial charge in [-0.3, -0.25) is 4.79 Å². The maximum Gasteiger partial charge on any atom is 0.348 e. The van der Waals surface area contributed by atoms with Crippen LogP contribution < -0.4 is 0 Å². The lowest BCUT2D eigenvalue weighted by Crippen LogP contribution is -2.30. The van der Waals surface area contributed by atoms with E-state index in [-0.39, 0.29) is 12.5 Å². The molecule has 0 saturated heterocycles. The third kappa shape index (κ3) is 4.56. The maximum absolute atomic E-state index is 12.0. The Balaban J connectivity index is 1.86. The van der Waals surface area contributed by atoms with Gasteiger partial charge in [0, 0.05) is 18.1 Å². The van der Waals surface area contributed by atoms with Crippen LogP contribution in [0.3, 0.4) is 0 Å². The number of hydrogen-bond acceptors (Lipinski definition) is 4. The first kappa shape index (κ1) is 17.0. The predicted octanol–water partition coefficient (Wildman–Crippen LogP) is 3.98. The highest BCUT2D eigenvalue weighted by Crippen LogP contribution is 2.22. The zero-order valence-corrected chi connectivity index (χ0v) is 14.9. The Labute approximate surface area is 145 Å². The molecule has 7 heteroatoms. The van der Waals surface area contributed by atoms with Gasteiger partial charge in [0.05, 0.1) is 4.34 Å². The van der Waals surface area contributed by atoms with E-state index in [1.807, 2.05) is 24.3 Å². The normalized spacial score (nSPS) is 10.3. The second kappa shape index (κ2) is 7.76. The molecule has 1 aromatic carbocycles. The molecule has 1 amide bonds. The van der Waals surface area contributed by atoms with Gasteiger partial charge in [-0.1, -0.05) is 45.7 Å². The molecule has 0 aliphatic carbocycles. The van der Waals surface area contributed by atoms with E-state index in [1.54, 1.807) is 19.2 Å². The summed E-state index contributed by atoms with van der Waals surface area (Å²) in [6.45, 7) is 0.137. The highest BCUT2D eigenvalue weighted by atomic mass is 79.9. The van der Waals surface area contributed by atoms with Crippen LogP contribution in [-0.2, 0) is 16.1 Å². The van der Waals surface area contributed by atoms with Gasteiger partial charge in [0.15, 0.2) is 6.61 Å². The van der Waals surface area contributed by atoms with Crippen LogP contribution in [0.5, 0.6) is 0 Å². The van der Waals surface area contributed by atoms with Gasteiger partial charge < -0.3 is 9.64 Å². The number of nitrogens with zero attached hydrogens (tertiary/aromatic N) is 1. The Hall–Kier alpha value is -1.37. The van der Waals surface area contributed by atoms with Crippen LogP contribution in [0.4, 0.5) is 0 Å². The molecule has 0 bridgehead atoms. The molecule has 0 N–H and O–H groups in total. The number of ether oxygens (including phenoxy) is 1. The molecular formula is C15H13BrClNO3S. The number of rotatable bonds is 5. The van der Waals surface area contributed by atoms with Crippen LogP contribution in [-0.4, -0.2) is 30.4 Å².